The summed E-state index contributed by atoms with van der Waals surface area (Å²) in [5, 5.41) is 0. The minimum Gasteiger partial charge on any atom is -0.376 e. The average Bonchev–Trinajstić information content (AvgIpc) is 3.37. The molecule has 174 valence electrons. The number of aryl methyl sites for hydroxylation is 2. The first kappa shape index (κ1) is 22.0. The van der Waals surface area contributed by atoms with Crippen molar-refractivity contribution in [3.8, 4) is 0 Å². The Balaban J connectivity index is 1.67. The summed E-state index contributed by atoms with van der Waals surface area (Å²) in [7, 11) is 0. The van der Waals surface area contributed by atoms with Crippen molar-refractivity contribution in [1.82, 2.24) is 19.1 Å². The summed E-state index contributed by atoms with van der Waals surface area (Å²) in [5.74, 6) is 0. The monoisotopic (exact) mass is 458 g/mol. The van der Waals surface area contributed by atoms with E-state index in [9.17, 15) is 14.4 Å². The summed E-state index contributed by atoms with van der Waals surface area (Å²) < 4.78 is 8.65. The molecular formula is C26H26N4O4. The number of hydrogen-bond donors (Lipinski definition) is 1. The van der Waals surface area contributed by atoms with Crippen molar-refractivity contribution in [2.24, 2.45) is 0 Å². The molecule has 1 atom stereocenters. The SMILES string of the molecule is O=c1[nH]c(=O)n(Cc2ccccc2)c2nc(CCc3ccccc3)c(=O)n(C[C@H]3CCCO3)c12. The van der Waals surface area contributed by atoms with Gasteiger partial charge in [-0.3, -0.25) is 23.7 Å². The van der Waals surface area contributed by atoms with E-state index < -0.39 is 11.2 Å². The third kappa shape index (κ3) is 4.49. The lowest BCUT2D eigenvalue weighted by atomic mass is 10.1. The average molecular weight is 459 g/mol. The van der Waals surface area contributed by atoms with Crippen LogP contribution in [0.4, 0.5) is 0 Å². The Kier molecular flexibility index (Phi) is 6.22. The second kappa shape index (κ2) is 9.61. The van der Waals surface area contributed by atoms with Gasteiger partial charge in [0.15, 0.2) is 11.2 Å². The van der Waals surface area contributed by atoms with Gasteiger partial charge in [0.2, 0.25) is 0 Å². The van der Waals surface area contributed by atoms with Crippen LogP contribution in [0.2, 0.25) is 0 Å². The van der Waals surface area contributed by atoms with Gasteiger partial charge < -0.3 is 4.74 Å². The number of fused-ring (bicyclic) bond motifs is 1. The maximum Gasteiger partial charge on any atom is 0.330 e. The summed E-state index contributed by atoms with van der Waals surface area (Å²) in [5.41, 5.74) is 1.17. The first-order valence-electron chi connectivity index (χ1n) is 11.6. The molecule has 1 saturated heterocycles. The fourth-order valence-electron chi connectivity index (χ4n) is 4.49. The minimum atomic E-state index is -0.610. The first-order chi connectivity index (χ1) is 16.6. The van der Waals surface area contributed by atoms with Gasteiger partial charge in [0.25, 0.3) is 11.1 Å². The Bertz CT molecular complexity index is 1470. The van der Waals surface area contributed by atoms with Crippen molar-refractivity contribution in [1.29, 1.82) is 0 Å². The molecule has 0 unspecified atom stereocenters. The van der Waals surface area contributed by atoms with Gasteiger partial charge in [-0.05, 0) is 36.8 Å². The fourth-order valence-corrected chi connectivity index (χ4v) is 4.49. The van der Waals surface area contributed by atoms with E-state index >= 15 is 0 Å². The van der Waals surface area contributed by atoms with Crippen LogP contribution in [-0.2, 0) is 30.7 Å². The molecule has 34 heavy (non-hydrogen) atoms. The summed E-state index contributed by atoms with van der Waals surface area (Å²) in [6.07, 6.45) is 2.60. The number of rotatable bonds is 7. The molecule has 0 radical (unpaired) electrons. The Morgan fingerprint density at radius 1 is 0.912 bits per heavy atom. The highest BCUT2D eigenvalue weighted by Gasteiger charge is 2.23. The largest absolute Gasteiger partial charge is 0.376 e. The Labute approximate surface area is 195 Å². The number of aromatic amines is 1. The van der Waals surface area contributed by atoms with Crippen LogP contribution in [-0.4, -0.2) is 31.8 Å². The number of ether oxygens (including phenoxy) is 1. The van der Waals surface area contributed by atoms with Gasteiger partial charge in [-0.15, -0.1) is 0 Å². The van der Waals surface area contributed by atoms with Gasteiger partial charge in [-0.25, -0.2) is 9.78 Å². The van der Waals surface area contributed by atoms with Gasteiger partial charge in [0.05, 0.1) is 19.2 Å². The molecule has 0 bridgehead atoms. The maximum absolute atomic E-state index is 13.5. The molecule has 8 heteroatoms. The molecule has 1 N–H and O–H groups in total. The molecule has 1 fully saturated rings. The third-order valence-electron chi connectivity index (χ3n) is 6.24. The van der Waals surface area contributed by atoms with E-state index in [1.165, 1.54) is 9.13 Å². The molecule has 8 nitrogen and oxygen atoms in total. The Morgan fingerprint density at radius 3 is 2.29 bits per heavy atom. The van der Waals surface area contributed by atoms with Crippen molar-refractivity contribution < 1.29 is 4.74 Å². The van der Waals surface area contributed by atoms with Crippen LogP contribution in [0.15, 0.2) is 75.0 Å². The van der Waals surface area contributed by atoms with Crippen LogP contribution in [0, 0.1) is 0 Å². The second-order valence-electron chi connectivity index (χ2n) is 8.60. The topological polar surface area (TPSA) is 99.0 Å². The van der Waals surface area contributed by atoms with E-state index in [0.29, 0.717) is 25.1 Å². The molecule has 0 aliphatic carbocycles. The first-order valence-corrected chi connectivity index (χ1v) is 11.6. The molecule has 5 rings (SSSR count). The normalized spacial score (nSPS) is 15.7. The van der Waals surface area contributed by atoms with Gasteiger partial charge >= 0.3 is 5.69 Å². The Morgan fingerprint density at radius 2 is 1.62 bits per heavy atom. The van der Waals surface area contributed by atoms with Crippen LogP contribution in [0.1, 0.15) is 29.7 Å². The minimum absolute atomic E-state index is 0.111. The number of aromatic nitrogens is 4. The molecule has 4 aromatic rings. The molecule has 1 aliphatic heterocycles. The smallest absolute Gasteiger partial charge is 0.330 e. The predicted octanol–water partition coefficient (Wildman–Crippen LogP) is 2.26. The summed E-state index contributed by atoms with van der Waals surface area (Å²) in [6.45, 7) is 1.12. The van der Waals surface area contributed by atoms with Crippen molar-refractivity contribution in [3.63, 3.8) is 0 Å². The lowest BCUT2D eigenvalue weighted by molar-refractivity contribution is 0.0970. The van der Waals surface area contributed by atoms with E-state index in [1.54, 1.807) is 0 Å². The standard InChI is InChI=1S/C26H26N4O4/c31-24-22-23(30(26(33)28-24)16-19-10-5-2-6-11-19)27-21(14-13-18-8-3-1-4-9-18)25(32)29(22)17-20-12-7-15-34-20/h1-6,8-11,20H,7,12-17H2,(H,28,31,33)/t20-/m1/s1. The number of nitrogens with zero attached hydrogens (tertiary/aromatic N) is 3. The molecule has 2 aromatic carbocycles. The zero-order valence-corrected chi connectivity index (χ0v) is 18.8. The fraction of sp³-hybridized carbons (Fsp3) is 0.308. The highest BCUT2D eigenvalue weighted by atomic mass is 16.5. The lowest BCUT2D eigenvalue weighted by Crippen LogP contribution is -2.39. The van der Waals surface area contributed by atoms with Crippen LogP contribution >= 0.6 is 0 Å². The van der Waals surface area contributed by atoms with Gasteiger partial charge in [-0.2, -0.15) is 0 Å². The Hall–Kier alpha value is -3.78. The number of benzene rings is 2. The zero-order valence-electron chi connectivity index (χ0n) is 18.8. The van der Waals surface area contributed by atoms with E-state index in [-0.39, 0.29) is 35.9 Å². The third-order valence-corrected chi connectivity index (χ3v) is 6.24. The maximum atomic E-state index is 13.5. The van der Waals surface area contributed by atoms with Crippen molar-refractivity contribution in [2.75, 3.05) is 6.61 Å². The number of nitrogens with one attached hydrogen (secondary N) is 1. The van der Waals surface area contributed by atoms with Crippen molar-refractivity contribution in [3.05, 3.63) is 109 Å². The highest BCUT2D eigenvalue weighted by Crippen LogP contribution is 2.16. The molecule has 0 saturated carbocycles. The second-order valence-corrected chi connectivity index (χ2v) is 8.60. The highest BCUT2D eigenvalue weighted by molar-refractivity contribution is 5.69. The van der Waals surface area contributed by atoms with Crippen LogP contribution in [0.3, 0.4) is 0 Å². The molecule has 1 aliphatic rings. The van der Waals surface area contributed by atoms with Crippen molar-refractivity contribution >= 4 is 11.2 Å². The molecule has 0 amide bonds. The van der Waals surface area contributed by atoms with E-state index in [1.807, 2.05) is 60.7 Å². The number of H-pyrrole nitrogens is 1. The van der Waals surface area contributed by atoms with Gasteiger partial charge in [0, 0.05) is 6.61 Å². The van der Waals surface area contributed by atoms with Crippen molar-refractivity contribution in [2.45, 2.75) is 44.9 Å². The van der Waals surface area contributed by atoms with Crippen LogP contribution in [0.25, 0.3) is 11.2 Å². The molecule has 0 spiro atoms. The summed E-state index contributed by atoms with van der Waals surface area (Å²) >= 11 is 0. The van der Waals surface area contributed by atoms with Crippen LogP contribution in [0.5, 0.6) is 0 Å². The van der Waals surface area contributed by atoms with Crippen LogP contribution < -0.4 is 16.8 Å². The van der Waals surface area contributed by atoms with E-state index in [4.69, 9.17) is 4.74 Å². The summed E-state index contributed by atoms with van der Waals surface area (Å²) in [6, 6.07) is 19.3. The molecule has 2 aromatic heterocycles. The predicted molar refractivity (Wildman–Crippen MR) is 129 cm³/mol. The molecular weight excluding hydrogens is 432 g/mol. The lowest BCUT2D eigenvalue weighted by Gasteiger charge is -2.17. The zero-order chi connectivity index (χ0) is 23.5. The van der Waals surface area contributed by atoms with Gasteiger partial charge in [0.1, 0.15) is 5.69 Å². The van der Waals surface area contributed by atoms with E-state index in [0.717, 1.165) is 24.0 Å². The number of hydrogen-bond acceptors (Lipinski definition) is 5. The summed E-state index contributed by atoms with van der Waals surface area (Å²) in [4.78, 5) is 46.3. The quantitative estimate of drug-likeness (QED) is 0.458. The van der Waals surface area contributed by atoms with Gasteiger partial charge in [-0.1, -0.05) is 60.7 Å². The molecule has 3 heterocycles. The van der Waals surface area contributed by atoms with E-state index in [2.05, 4.69) is 9.97 Å².